The van der Waals surface area contributed by atoms with E-state index in [0.29, 0.717) is 13.0 Å². The SMILES string of the molecule is CC(=O)CC(=O)C(=O)OC(=O)[C@@H]1CCC[N-]1.[Na+]. The van der Waals surface area contributed by atoms with Gasteiger partial charge in [0.2, 0.25) is 5.78 Å². The minimum atomic E-state index is -1.28. The van der Waals surface area contributed by atoms with Gasteiger partial charge in [-0.1, -0.05) is 12.8 Å². The molecule has 0 aliphatic carbocycles. The zero-order valence-corrected chi connectivity index (χ0v) is 11.9. The van der Waals surface area contributed by atoms with Crippen molar-refractivity contribution < 1.29 is 53.5 Å². The summed E-state index contributed by atoms with van der Waals surface area (Å²) >= 11 is 0. The number of carbonyl (C=O) groups excluding carboxylic acids is 4. The topological polar surface area (TPSA) is 91.6 Å². The van der Waals surface area contributed by atoms with Crippen LogP contribution in [-0.4, -0.2) is 36.1 Å². The Kier molecular flexibility index (Phi) is 7.45. The fraction of sp³-hybridized carbons (Fsp3) is 0.600. The van der Waals surface area contributed by atoms with Crippen LogP contribution < -0.4 is 29.6 Å². The predicted octanol–water partition coefficient (Wildman–Crippen LogP) is -2.86. The van der Waals surface area contributed by atoms with Crippen LogP contribution in [0.1, 0.15) is 26.2 Å². The summed E-state index contributed by atoms with van der Waals surface area (Å²) in [6.45, 7) is 1.74. The van der Waals surface area contributed by atoms with Crippen molar-refractivity contribution in [1.82, 2.24) is 0 Å². The maximum absolute atomic E-state index is 11.3. The number of hydrogen-bond donors (Lipinski definition) is 0. The van der Waals surface area contributed by atoms with Gasteiger partial charge in [0.1, 0.15) is 5.78 Å². The quantitative estimate of drug-likeness (QED) is 0.231. The molecule has 0 aromatic carbocycles. The molecule has 0 spiro atoms. The van der Waals surface area contributed by atoms with Gasteiger partial charge in [-0.15, -0.1) is 6.54 Å². The van der Waals surface area contributed by atoms with Gasteiger partial charge in [0, 0.05) is 0 Å². The fourth-order valence-corrected chi connectivity index (χ4v) is 1.33. The summed E-state index contributed by atoms with van der Waals surface area (Å²) in [7, 11) is 0. The van der Waals surface area contributed by atoms with E-state index in [9.17, 15) is 19.2 Å². The number of nitrogens with zero attached hydrogens (tertiary/aromatic N) is 1. The third kappa shape index (κ3) is 5.54. The Bertz CT molecular complexity index is 336. The van der Waals surface area contributed by atoms with Crippen molar-refractivity contribution in [2.75, 3.05) is 6.54 Å². The Morgan fingerprint density at radius 1 is 1.29 bits per heavy atom. The number of esters is 2. The van der Waals surface area contributed by atoms with Crippen LogP contribution in [0, 0.1) is 0 Å². The van der Waals surface area contributed by atoms with Crippen molar-refractivity contribution in [3.8, 4) is 0 Å². The maximum atomic E-state index is 11.3. The van der Waals surface area contributed by atoms with E-state index in [4.69, 9.17) is 0 Å². The summed E-state index contributed by atoms with van der Waals surface area (Å²) in [5.41, 5.74) is 0. The van der Waals surface area contributed by atoms with Gasteiger partial charge in [0.15, 0.2) is 0 Å². The van der Waals surface area contributed by atoms with E-state index in [-0.39, 0.29) is 29.6 Å². The summed E-state index contributed by atoms with van der Waals surface area (Å²) in [5.74, 6) is -3.53. The number of ketones is 2. The van der Waals surface area contributed by atoms with E-state index in [0.717, 1.165) is 6.42 Å². The molecular weight excluding hydrogens is 237 g/mol. The minimum Gasteiger partial charge on any atom is -0.650 e. The molecule has 0 unspecified atom stereocenters. The number of ether oxygens (including phenoxy) is 1. The van der Waals surface area contributed by atoms with Gasteiger partial charge in [-0.05, 0) is 13.0 Å². The summed E-state index contributed by atoms with van der Waals surface area (Å²) < 4.78 is 4.32. The van der Waals surface area contributed by atoms with Gasteiger partial charge in [-0.3, -0.25) is 14.4 Å². The van der Waals surface area contributed by atoms with Gasteiger partial charge in [0.05, 0.1) is 6.42 Å². The van der Waals surface area contributed by atoms with Gasteiger partial charge >= 0.3 is 35.5 Å². The number of carbonyl (C=O) groups is 4. The number of hydrogen-bond acceptors (Lipinski definition) is 5. The molecule has 1 rings (SSSR count). The first-order chi connectivity index (χ1) is 7.50. The molecule has 1 heterocycles. The third-order valence-corrected chi connectivity index (χ3v) is 2.09. The van der Waals surface area contributed by atoms with E-state index < -0.39 is 36.0 Å². The number of rotatable bonds is 4. The molecule has 88 valence electrons. The summed E-state index contributed by atoms with van der Waals surface area (Å²) in [6, 6.07) is -0.644. The molecule has 1 saturated heterocycles. The molecule has 0 aromatic heterocycles. The Hall–Kier alpha value is -0.560. The van der Waals surface area contributed by atoms with Gasteiger partial charge < -0.3 is 10.1 Å². The molecule has 0 aromatic rings. The van der Waals surface area contributed by atoms with Gasteiger partial charge in [0.25, 0.3) is 5.97 Å². The Balaban J connectivity index is 0.00000256. The third-order valence-electron chi connectivity index (χ3n) is 2.09. The summed E-state index contributed by atoms with van der Waals surface area (Å²) in [4.78, 5) is 43.9. The molecule has 7 heteroatoms. The van der Waals surface area contributed by atoms with Crippen molar-refractivity contribution in [3.63, 3.8) is 0 Å². The van der Waals surface area contributed by atoms with Crippen LogP contribution in [0.15, 0.2) is 0 Å². The molecule has 0 radical (unpaired) electrons. The first-order valence-corrected chi connectivity index (χ1v) is 4.95. The van der Waals surface area contributed by atoms with Crippen LogP contribution in [-0.2, 0) is 23.9 Å². The molecule has 1 aliphatic heterocycles. The molecule has 0 amide bonds. The van der Waals surface area contributed by atoms with Gasteiger partial charge in [-0.25, -0.2) is 4.79 Å². The van der Waals surface area contributed by atoms with E-state index >= 15 is 0 Å². The smallest absolute Gasteiger partial charge is 0.650 e. The van der Waals surface area contributed by atoms with Crippen molar-refractivity contribution >= 4 is 23.5 Å². The Morgan fingerprint density at radius 2 is 1.94 bits per heavy atom. The molecule has 0 N–H and O–H groups in total. The molecule has 0 bridgehead atoms. The minimum absolute atomic E-state index is 0. The van der Waals surface area contributed by atoms with Crippen LogP contribution in [0.25, 0.3) is 5.32 Å². The first-order valence-electron chi connectivity index (χ1n) is 4.95. The zero-order chi connectivity index (χ0) is 12.1. The van der Waals surface area contributed by atoms with Gasteiger partial charge in [-0.2, -0.15) is 0 Å². The van der Waals surface area contributed by atoms with Crippen LogP contribution in [0.2, 0.25) is 0 Å². The second kappa shape index (κ2) is 7.71. The van der Waals surface area contributed by atoms with Crippen molar-refractivity contribution in [2.45, 2.75) is 32.2 Å². The summed E-state index contributed by atoms with van der Waals surface area (Å²) in [5, 5.41) is 3.90. The average molecular weight is 249 g/mol. The standard InChI is InChI=1S/C10H12NO5.Na/c1-6(12)5-8(13)10(15)16-9(14)7-3-2-4-11-7;/h7H,2-5H2,1H3;/q-1;+1/t7-;/m0./s1. The van der Waals surface area contributed by atoms with E-state index in [1.807, 2.05) is 0 Å². The monoisotopic (exact) mass is 249 g/mol. The number of Topliss-reactive ketones (excluding diaryl/α,β-unsaturated/α-hetero) is 2. The molecule has 1 fully saturated rings. The summed E-state index contributed by atoms with van der Waals surface area (Å²) in [6.07, 6.45) is 0.774. The van der Waals surface area contributed by atoms with E-state index in [1.165, 1.54) is 6.92 Å². The molecule has 0 saturated carbocycles. The van der Waals surface area contributed by atoms with Crippen LogP contribution in [0.5, 0.6) is 0 Å². The molecule has 1 aliphatic rings. The van der Waals surface area contributed by atoms with Crippen molar-refractivity contribution in [3.05, 3.63) is 5.32 Å². The predicted molar refractivity (Wildman–Crippen MR) is 52.7 cm³/mol. The first kappa shape index (κ1) is 16.4. The largest absolute Gasteiger partial charge is 1.00 e. The fourth-order valence-electron chi connectivity index (χ4n) is 1.33. The Morgan fingerprint density at radius 3 is 2.41 bits per heavy atom. The molecule has 1 atom stereocenters. The van der Waals surface area contributed by atoms with Crippen molar-refractivity contribution in [1.29, 1.82) is 0 Å². The van der Waals surface area contributed by atoms with Crippen molar-refractivity contribution in [2.24, 2.45) is 0 Å². The van der Waals surface area contributed by atoms with Crippen LogP contribution in [0.3, 0.4) is 0 Å². The second-order valence-corrected chi connectivity index (χ2v) is 3.57. The second-order valence-electron chi connectivity index (χ2n) is 3.57. The van der Waals surface area contributed by atoms with E-state index in [1.54, 1.807) is 0 Å². The molecule has 6 nitrogen and oxygen atoms in total. The average Bonchev–Trinajstić information content (AvgIpc) is 2.68. The zero-order valence-electron chi connectivity index (χ0n) is 9.89. The van der Waals surface area contributed by atoms with E-state index in [2.05, 4.69) is 10.1 Å². The van der Waals surface area contributed by atoms with Crippen LogP contribution >= 0.6 is 0 Å². The van der Waals surface area contributed by atoms with Crippen LogP contribution in [0.4, 0.5) is 0 Å². The normalized spacial score (nSPS) is 18.1. The molecular formula is C10H12NNaO5. The maximum Gasteiger partial charge on any atom is 1.00 e. The Labute approximate surface area is 121 Å². The molecule has 17 heavy (non-hydrogen) atoms.